The van der Waals surface area contributed by atoms with Gasteiger partial charge in [-0.25, -0.2) is 0 Å². The first-order valence-electron chi connectivity index (χ1n) is 17.3. The van der Waals surface area contributed by atoms with Gasteiger partial charge in [-0.2, -0.15) is 0 Å². The Hall–Kier alpha value is -5.11. The van der Waals surface area contributed by atoms with Crippen LogP contribution in [0, 0.1) is 26.2 Å². The highest BCUT2D eigenvalue weighted by Crippen LogP contribution is 2.37. The summed E-state index contributed by atoms with van der Waals surface area (Å²) in [7, 11) is 0. The van der Waals surface area contributed by atoms with E-state index in [1.807, 2.05) is 46.9 Å². The van der Waals surface area contributed by atoms with Crippen molar-refractivity contribution in [2.75, 3.05) is 0 Å². The predicted octanol–water partition coefficient (Wildman–Crippen LogP) is 11.4. The third-order valence-electron chi connectivity index (χ3n) is 8.33. The van der Waals surface area contributed by atoms with E-state index in [4.69, 9.17) is 4.98 Å². The second kappa shape index (κ2) is 16.8. The molecule has 6 aromatic rings. The number of hydrogen-bond acceptors (Lipinski definition) is 2. The second-order valence-electron chi connectivity index (χ2n) is 11.1. The van der Waals surface area contributed by atoms with Gasteiger partial charge in [0.1, 0.15) is 0 Å². The molecule has 1 aliphatic rings. The maximum absolute atomic E-state index is 4.94. The largest absolute Gasteiger partial charge is 0.312 e. The molecule has 0 N–H and O–H groups in total. The monoisotopic (exact) mass is 663 g/mol. The molecule has 250 valence electrons. The van der Waals surface area contributed by atoms with E-state index >= 15 is 0 Å². The zero-order valence-electron chi connectivity index (χ0n) is 30.6. The Bertz CT molecular complexity index is 2360. The molecule has 49 heavy (non-hydrogen) atoms. The summed E-state index contributed by atoms with van der Waals surface area (Å²) in [5, 5.41) is 3.55. The first-order chi connectivity index (χ1) is 23.9. The lowest BCUT2D eigenvalue weighted by atomic mass is 10.1. The summed E-state index contributed by atoms with van der Waals surface area (Å²) in [6.45, 7) is 22.6. The van der Waals surface area contributed by atoms with Crippen LogP contribution in [0.5, 0.6) is 0 Å². The van der Waals surface area contributed by atoms with Crippen molar-refractivity contribution in [3.8, 4) is 23.7 Å². The van der Waals surface area contributed by atoms with E-state index in [1.165, 1.54) is 54.8 Å². The zero-order valence-corrected chi connectivity index (χ0v) is 31.4. The molecular weight excluding hydrogens is 615 g/mol. The molecule has 7 rings (SSSR count). The van der Waals surface area contributed by atoms with Crippen molar-refractivity contribution in [2.45, 2.75) is 68.7 Å². The van der Waals surface area contributed by atoms with Gasteiger partial charge in [-0.1, -0.05) is 95.0 Å². The third kappa shape index (κ3) is 6.77. The molecular formula is C45H49N3S. The number of benzene rings is 2. The van der Waals surface area contributed by atoms with E-state index in [1.54, 1.807) is 18.3 Å². The van der Waals surface area contributed by atoms with Gasteiger partial charge in [-0.15, -0.1) is 23.7 Å². The van der Waals surface area contributed by atoms with Crippen molar-refractivity contribution in [2.24, 2.45) is 0 Å². The van der Waals surface area contributed by atoms with Crippen molar-refractivity contribution in [3.05, 3.63) is 123 Å². The van der Waals surface area contributed by atoms with Crippen LogP contribution in [0.4, 0.5) is 0 Å². The molecule has 4 heterocycles. The minimum atomic E-state index is 0.898. The number of rotatable bonds is 4. The predicted molar refractivity (Wildman–Crippen MR) is 221 cm³/mol. The quantitative estimate of drug-likeness (QED) is 0.172. The lowest BCUT2D eigenvalue weighted by Gasteiger charge is -2.14. The smallest absolute Gasteiger partial charge is 0.0890 e. The number of pyridine rings is 1. The number of nitrogens with zero attached hydrogens (tertiary/aromatic N) is 3. The molecule has 1 aliphatic carbocycles. The first-order valence-corrected chi connectivity index (χ1v) is 18.1. The topological polar surface area (TPSA) is 22.8 Å². The van der Waals surface area contributed by atoms with E-state index in [0.29, 0.717) is 0 Å². The molecule has 0 radical (unpaired) electrons. The molecule has 0 unspecified atom stereocenters. The number of thiophene rings is 1. The summed E-state index contributed by atoms with van der Waals surface area (Å²) in [6, 6.07) is 15.6. The summed E-state index contributed by atoms with van der Waals surface area (Å²) in [5.74, 6) is 2.25. The fraction of sp³-hybridized carbons (Fsp3) is 0.222. The van der Waals surface area contributed by atoms with E-state index in [9.17, 15) is 0 Å². The van der Waals surface area contributed by atoms with Crippen LogP contribution >= 0.6 is 11.3 Å². The number of hydrogen-bond donors (Lipinski definition) is 0. The number of para-hydroxylation sites is 1. The van der Waals surface area contributed by atoms with Crippen molar-refractivity contribution in [1.29, 1.82) is 0 Å². The van der Waals surface area contributed by atoms with Crippen molar-refractivity contribution in [1.82, 2.24) is 14.1 Å². The summed E-state index contributed by atoms with van der Waals surface area (Å²) in [6.07, 6.45) is 26.9. The SMILES string of the molecule is C#CC.C=c1/c(=C\C=C/C)sc2c1ncc1c2c(C)c(/C=C\C)n1-c1ccc(-n2c3c(c4cccc(C)c42)C=CC=CC3)cc1.CC.CC. The Balaban J connectivity index is 0.000000722. The minimum Gasteiger partial charge on any atom is -0.312 e. The Morgan fingerprint density at radius 2 is 1.61 bits per heavy atom. The third-order valence-corrected chi connectivity index (χ3v) is 9.54. The number of allylic oxidation sites excluding steroid dienone is 6. The zero-order chi connectivity index (χ0) is 35.7. The fourth-order valence-electron chi connectivity index (χ4n) is 6.41. The molecule has 0 bridgehead atoms. The molecule has 0 atom stereocenters. The average molecular weight is 664 g/mol. The number of terminal acetylenes is 1. The van der Waals surface area contributed by atoms with Crippen LogP contribution < -0.4 is 9.75 Å². The van der Waals surface area contributed by atoms with E-state index < -0.39 is 0 Å². The Kier molecular flexibility index (Phi) is 12.6. The highest BCUT2D eigenvalue weighted by Gasteiger charge is 2.21. The second-order valence-corrected chi connectivity index (χ2v) is 12.2. The summed E-state index contributed by atoms with van der Waals surface area (Å²) < 4.78 is 7.16. The Morgan fingerprint density at radius 1 is 0.939 bits per heavy atom. The van der Waals surface area contributed by atoms with Gasteiger partial charge in [0.25, 0.3) is 0 Å². The van der Waals surface area contributed by atoms with Gasteiger partial charge in [0.15, 0.2) is 0 Å². The van der Waals surface area contributed by atoms with E-state index in [2.05, 4.69) is 140 Å². The summed E-state index contributed by atoms with van der Waals surface area (Å²) in [4.78, 5) is 4.94. The molecule has 0 aliphatic heterocycles. The lowest BCUT2D eigenvalue weighted by molar-refractivity contribution is 0.994. The van der Waals surface area contributed by atoms with Gasteiger partial charge >= 0.3 is 0 Å². The van der Waals surface area contributed by atoms with E-state index in [-0.39, 0.29) is 0 Å². The van der Waals surface area contributed by atoms with Crippen LogP contribution in [0.15, 0.2) is 85.1 Å². The average Bonchev–Trinajstić information content (AvgIpc) is 3.63. The standard InChI is InChI=1S/C38H33N3S.C3H4.2C2H6/c1-6-8-18-34-26(5)36-38(42-34)35-25(4)31(13-7-2)40(33(35)23-39-36)27-19-21-28(22-20-27)41-32-17-11-9-10-15-29(32)30-16-12-14-24(3)37(30)41;1-3-2;2*1-2/h6-16,18-23H,5,17H2,1-4H3;1H,2H3;2*1-2H3/b8-6-,13-7-,34-18+;;;. The summed E-state index contributed by atoms with van der Waals surface area (Å²) in [5.41, 5.74) is 12.0. The minimum absolute atomic E-state index is 0.898. The van der Waals surface area contributed by atoms with Gasteiger partial charge in [-0.05, 0) is 82.2 Å². The number of aryl methyl sites for hydroxylation is 2. The molecule has 3 nitrogen and oxygen atoms in total. The molecule has 2 aromatic carbocycles. The van der Waals surface area contributed by atoms with Crippen LogP contribution in [0.2, 0.25) is 0 Å². The van der Waals surface area contributed by atoms with Crippen LogP contribution in [-0.2, 0) is 6.42 Å². The molecule has 0 fully saturated rings. The summed E-state index contributed by atoms with van der Waals surface area (Å²) >= 11 is 1.78. The number of fused-ring (bicyclic) bond motifs is 6. The molecule has 0 saturated heterocycles. The van der Waals surface area contributed by atoms with Crippen molar-refractivity contribution < 1.29 is 0 Å². The van der Waals surface area contributed by atoms with Crippen LogP contribution in [-0.4, -0.2) is 14.1 Å². The normalized spacial score (nSPS) is 12.4. The first kappa shape index (κ1) is 36.7. The van der Waals surface area contributed by atoms with Gasteiger partial charge < -0.3 is 9.13 Å². The van der Waals surface area contributed by atoms with Gasteiger partial charge in [0.2, 0.25) is 0 Å². The van der Waals surface area contributed by atoms with Gasteiger partial charge in [-0.3, -0.25) is 4.98 Å². The van der Waals surface area contributed by atoms with Crippen molar-refractivity contribution in [3.63, 3.8) is 0 Å². The van der Waals surface area contributed by atoms with E-state index in [0.717, 1.165) is 32.9 Å². The Labute approximate surface area is 296 Å². The molecule has 0 saturated carbocycles. The van der Waals surface area contributed by atoms with Gasteiger partial charge in [0.05, 0.1) is 27.4 Å². The fourth-order valence-corrected chi connectivity index (χ4v) is 7.63. The lowest BCUT2D eigenvalue weighted by Crippen LogP contribution is -2.16. The maximum Gasteiger partial charge on any atom is 0.0890 e. The van der Waals surface area contributed by atoms with Gasteiger partial charge in [0, 0.05) is 55.3 Å². The number of aromatic nitrogens is 3. The van der Waals surface area contributed by atoms with Crippen LogP contribution in [0.1, 0.15) is 76.5 Å². The van der Waals surface area contributed by atoms with Crippen molar-refractivity contribution >= 4 is 68.2 Å². The highest BCUT2D eigenvalue weighted by atomic mass is 32.1. The molecule has 4 heteroatoms. The maximum atomic E-state index is 4.94. The highest BCUT2D eigenvalue weighted by molar-refractivity contribution is 7.18. The molecule has 0 amide bonds. The van der Waals surface area contributed by atoms with Crippen LogP contribution in [0.3, 0.4) is 0 Å². The Morgan fingerprint density at radius 3 is 2.27 bits per heavy atom. The van der Waals surface area contributed by atoms with Crippen LogP contribution in [0.25, 0.3) is 68.2 Å². The molecule has 4 aromatic heterocycles. The molecule has 0 spiro atoms.